The summed E-state index contributed by atoms with van der Waals surface area (Å²) in [6.07, 6.45) is 0. The molecule has 0 radical (unpaired) electrons. The molecule has 2 aromatic rings. The Balaban J connectivity index is 2.16. The van der Waals surface area contributed by atoms with Gasteiger partial charge in [0.05, 0.1) is 0 Å². The molecule has 1 amide bonds. The third kappa shape index (κ3) is 3.11. The van der Waals surface area contributed by atoms with Crippen LogP contribution in [0.1, 0.15) is 21.5 Å². The summed E-state index contributed by atoms with van der Waals surface area (Å²) < 4.78 is 0. The maximum atomic E-state index is 12.4. The molecule has 3 nitrogen and oxygen atoms in total. The van der Waals surface area contributed by atoms with E-state index in [1.807, 2.05) is 6.92 Å². The van der Waals surface area contributed by atoms with Gasteiger partial charge in [0.15, 0.2) is 0 Å². The molecule has 20 heavy (non-hydrogen) atoms. The highest BCUT2D eigenvalue weighted by atomic mass is 35.5. The van der Waals surface area contributed by atoms with Crippen LogP contribution in [0.5, 0.6) is 5.75 Å². The second-order valence-electron chi connectivity index (χ2n) is 4.74. The van der Waals surface area contributed by atoms with E-state index in [0.29, 0.717) is 17.1 Å². The molecule has 4 heteroatoms. The molecule has 0 spiro atoms. The SMILES string of the molecule is Cc1c(Cl)cccc1C(=O)N(C)Cc1ccc(O)cc1. The molecule has 0 aliphatic rings. The summed E-state index contributed by atoms with van der Waals surface area (Å²) in [6.45, 7) is 2.31. The number of phenolic OH excluding ortho intramolecular Hbond substituents is 1. The third-order valence-electron chi connectivity index (χ3n) is 3.20. The number of amides is 1. The molecule has 0 unspecified atom stereocenters. The topological polar surface area (TPSA) is 40.5 Å². The number of hydrogen-bond donors (Lipinski definition) is 1. The van der Waals surface area contributed by atoms with Gasteiger partial charge in [-0.05, 0) is 42.3 Å². The standard InChI is InChI=1S/C16H16ClNO2/c1-11-14(4-3-5-15(11)17)16(20)18(2)10-12-6-8-13(19)9-7-12/h3-9,19H,10H2,1-2H3. The monoisotopic (exact) mass is 289 g/mol. The first kappa shape index (κ1) is 14.4. The second kappa shape index (κ2) is 5.97. The molecule has 104 valence electrons. The lowest BCUT2D eigenvalue weighted by molar-refractivity contribution is 0.0784. The zero-order chi connectivity index (χ0) is 14.7. The van der Waals surface area contributed by atoms with Crippen LogP contribution < -0.4 is 0 Å². The van der Waals surface area contributed by atoms with E-state index in [1.165, 1.54) is 0 Å². The number of rotatable bonds is 3. The van der Waals surface area contributed by atoms with Crippen molar-refractivity contribution >= 4 is 17.5 Å². The van der Waals surface area contributed by atoms with E-state index in [9.17, 15) is 9.90 Å². The molecule has 0 bridgehead atoms. The fraction of sp³-hybridized carbons (Fsp3) is 0.188. The van der Waals surface area contributed by atoms with Crippen LogP contribution in [0, 0.1) is 6.92 Å². The lowest BCUT2D eigenvalue weighted by atomic mass is 10.1. The maximum Gasteiger partial charge on any atom is 0.254 e. The van der Waals surface area contributed by atoms with E-state index in [1.54, 1.807) is 54.4 Å². The summed E-state index contributed by atoms with van der Waals surface area (Å²) in [5.74, 6) is 0.145. The quantitative estimate of drug-likeness (QED) is 0.937. The molecule has 2 aromatic carbocycles. The summed E-state index contributed by atoms with van der Waals surface area (Å²) >= 11 is 6.04. The van der Waals surface area contributed by atoms with E-state index >= 15 is 0 Å². The zero-order valence-corrected chi connectivity index (χ0v) is 12.2. The molecule has 0 heterocycles. The molecular weight excluding hydrogens is 274 g/mol. The number of carbonyl (C=O) groups is 1. The van der Waals surface area contributed by atoms with Gasteiger partial charge in [-0.1, -0.05) is 29.8 Å². The smallest absolute Gasteiger partial charge is 0.254 e. The Morgan fingerprint density at radius 3 is 2.50 bits per heavy atom. The van der Waals surface area contributed by atoms with Crippen molar-refractivity contribution in [3.05, 3.63) is 64.2 Å². The largest absolute Gasteiger partial charge is 0.508 e. The molecule has 0 aliphatic carbocycles. The Kier molecular flexibility index (Phi) is 4.30. The maximum absolute atomic E-state index is 12.4. The van der Waals surface area contributed by atoms with Crippen LogP contribution in [0.15, 0.2) is 42.5 Å². The van der Waals surface area contributed by atoms with Crippen LogP contribution in [0.25, 0.3) is 0 Å². The molecule has 2 rings (SSSR count). The Bertz CT molecular complexity index is 623. The Morgan fingerprint density at radius 1 is 1.20 bits per heavy atom. The van der Waals surface area contributed by atoms with Crippen LogP contribution in [0.3, 0.4) is 0 Å². The van der Waals surface area contributed by atoms with E-state index in [2.05, 4.69) is 0 Å². The van der Waals surface area contributed by atoms with Crippen molar-refractivity contribution in [2.45, 2.75) is 13.5 Å². The number of nitrogens with zero attached hydrogens (tertiary/aromatic N) is 1. The van der Waals surface area contributed by atoms with Gasteiger partial charge in [-0.25, -0.2) is 0 Å². The summed E-state index contributed by atoms with van der Waals surface area (Å²) in [4.78, 5) is 14.0. The minimum atomic E-state index is -0.0712. The predicted octanol–water partition coefficient (Wildman–Crippen LogP) is 3.63. The average Bonchev–Trinajstić information content (AvgIpc) is 2.43. The normalized spacial score (nSPS) is 10.3. The van der Waals surface area contributed by atoms with Crippen molar-refractivity contribution < 1.29 is 9.90 Å². The lowest BCUT2D eigenvalue weighted by Crippen LogP contribution is -2.26. The third-order valence-corrected chi connectivity index (χ3v) is 3.61. The summed E-state index contributed by atoms with van der Waals surface area (Å²) in [7, 11) is 1.75. The van der Waals surface area contributed by atoms with Crippen molar-refractivity contribution in [3.63, 3.8) is 0 Å². The van der Waals surface area contributed by atoms with Gasteiger partial charge in [-0.15, -0.1) is 0 Å². The van der Waals surface area contributed by atoms with Crippen LogP contribution in [-0.2, 0) is 6.54 Å². The average molecular weight is 290 g/mol. The number of halogens is 1. The van der Waals surface area contributed by atoms with Crippen molar-refractivity contribution in [2.24, 2.45) is 0 Å². The summed E-state index contributed by atoms with van der Waals surface area (Å²) in [6, 6.07) is 12.1. The second-order valence-corrected chi connectivity index (χ2v) is 5.15. The first-order valence-corrected chi connectivity index (χ1v) is 6.65. The Labute approximate surface area is 123 Å². The van der Waals surface area contributed by atoms with Gasteiger partial charge in [-0.3, -0.25) is 4.79 Å². The highest BCUT2D eigenvalue weighted by molar-refractivity contribution is 6.31. The van der Waals surface area contributed by atoms with Crippen LogP contribution in [-0.4, -0.2) is 23.0 Å². The van der Waals surface area contributed by atoms with Crippen molar-refractivity contribution in [1.82, 2.24) is 4.90 Å². The van der Waals surface area contributed by atoms with Gasteiger partial charge in [0.25, 0.3) is 5.91 Å². The number of benzene rings is 2. The van der Waals surface area contributed by atoms with Crippen LogP contribution >= 0.6 is 11.6 Å². The Morgan fingerprint density at radius 2 is 1.85 bits per heavy atom. The van der Waals surface area contributed by atoms with Crippen LogP contribution in [0.2, 0.25) is 5.02 Å². The molecule has 0 saturated carbocycles. The fourth-order valence-corrected chi connectivity index (χ4v) is 2.17. The van der Waals surface area contributed by atoms with Gasteiger partial charge in [-0.2, -0.15) is 0 Å². The molecule has 0 atom stereocenters. The fourth-order valence-electron chi connectivity index (χ4n) is 1.99. The van der Waals surface area contributed by atoms with Crippen molar-refractivity contribution in [1.29, 1.82) is 0 Å². The lowest BCUT2D eigenvalue weighted by Gasteiger charge is -2.19. The number of hydrogen-bond acceptors (Lipinski definition) is 2. The van der Waals surface area contributed by atoms with Crippen molar-refractivity contribution in [3.8, 4) is 5.75 Å². The summed E-state index contributed by atoms with van der Waals surface area (Å²) in [5.41, 5.74) is 2.36. The molecule has 0 saturated heterocycles. The zero-order valence-electron chi connectivity index (χ0n) is 11.4. The predicted molar refractivity (Wildman–Crippen MR) is 80.1 cm³/mol. The first-order valence-electron chi connectivity index (χ1n) is 6.27. The van der Waals surface area contributed by atoms with Gasteiger partial charge >= 0.3 is 0 Å². The first-order chi connectivity index (χ1) is 9.49. The molecule has 1 N–H and O–H groups in total. The molecular formula is C16H16ClNO2. The highest BCUT2D eigenvalue weighted by Gasteiger charge is 2.15. The van der Waals surface area contributed by atoms with E-state index in [-0.39, 0.29) is 11.7 Å². The number of phenols is 1. The van der Waals surface area contributed by atoms with Crippen molar-refractivity contribution in [2.75, 3.05) is 7.05 Å². The van der Waals surface area contributed by atoms with Gasteiger partial charge in [0.1, 0.15) is 5.75 Å². The van der Waals surface area contributed by atoms with Gasteiger partial charge < -0.3 is 10.0 Å². The molecule has 0 fully saturated rings. The minimum absolute atomic E-state index is 0.0712. The number of aromatic hydroxyl groups is 1. The minimum Gasteiger partial charge on any atom is -0.508 e. The van der Waals surface area contributed by atoms with E-state index in [0.717, 1.165) is 11.1 Å². The highest BCUT2D eigenvalue weighted by Crippen LogP contribution is 2.20. The Hall–Kier alpha value is -2.00. The van der Waals surface area contributed by atoms with E-state index in [4.69, 9.17) is 11.6 Å². The summed E-state index contributed by atoms with van der Waals surface area (Å²) in [5, 5.41) is 9.84. The number of carbonyl (C=O) groups excluding carboxylic acids is 1. The van der Waals surface area contributed by atoms with E-state index < -0.39 is 0 Å². The molecule has 0 aromatic heterocycles. The van der Waals surface area contributed by atoms with Crippen LogP contribution in [0.4, 0.5) is 0 Å². The van der Waals surface area contributed by atoms with Gasteiger partial charge in [0, 0.05) is 24.2 Å². The molecule has 0 aliphatic heterocycles. The van der Waals surface area contributed by atoms with Gasteiger partial charge in [0.2, 0.25) is 0 Å².